The fraction of sp³-hybridized carbons (Fsp3) is 0.667. The molecule has 0 saturated carbocycles. The molecule has 0 aromatic heterocycles. The van der Waals surface area contributed by atoms with Crippen molar-refractivity contribution in [2.45, 2.75) is 77.2 Å². The maximum atomic E-state index is 14.1. The van der Waals surface area contributed by atoms with Crippen LogP contribution in [0.5, 0.6) is 0 Å². The van der Waals surface area contributed by atoms with Crippen molar-refractivity contribution in [3.05, 3.63) is 30.3 Å². The lowest BCUT2D eigenvalue weighted by Crippen LogP contribution is -2.59. The number of aliphatic hydroxyl groups is 1. The summed E-state index contributed by atoms with van der Waals surface area (Å²) in [5.41, 5.74) is -1.33. The van der Waals surface area contributed by atoms with Crippen molar-refractivity contribution in [2.24, 2.45) is 23.7 Å². The molecule has 35 heavy (non-hydrogen) atoms. The first-order valence-electron chi connectivity index (χ1n) is 12.9. The van der Waals surface area contributed by atoms with E-state index in [2.05, 4.69) is 10.6 Å². The van der Waals surface area contributed by atoms with Crippen LogP contribution >= 0.6 is 0 Å². The number of para-hydroxylation sites is 1. The Morgan fingerprint density at radius 1 is 1.23 bits per heavy atom. The van der Waals surface area contributed by atoms with E-state index in [-0.39, 0.29) is 36.2 Å². The summed E-state index contributed by atoms with van der Waals surface area (Å²) in [7, 11) is 0. The van der Waals surface area contributed by atoms with Gasteiger partial charge in [0.05, 0.1) is 30.1 Å². The fourth-order valence-electron chi connectivity index (χ4n) is 6.58. The number of nitrogens with one attached hydrogen (secondary N) is 2. The Labute approximate surface area is 207 Å². The Morgan fingerprint density at radius 3 is 2.51 bits per heavy atom. The average Bonchev–Trinajstić information content (AvgIpc) is 3.32. The highest BCUT2D eigenvalue weighted by atomic mass is 16.5. The zero-order valence-electron chi connectivity index (χ0n) is 21.4. The van der Waals surface area contributed by atoms with Crippen molar-refractivity contribution in [3.8, 4) is 0 Å². The van der Waals surface area contributed by atoms with Crippen LogP contribution in [0.4, 0.5) is 5.69 Å². The van der Waals surface area contributed by atoms with Gasteiger partial charge in [0.25, 0.3) is 0 Å². The highest BCUT2D eigenvalue weighted by Gasteiger charge is 2.80. The molecule has 2 bridgehead atoms. The number of unbranched alkanes of at least 4 members (excludes halogenated alkanes) is 1. The third-order valence-electron chi connectivity index (χ3n) is 8.47. The minimum Gasteiger partial charge on any atom is -0.394 e. The summed E-state index contributed by atoms with van der Waals surface area (Å²) in [5.74, 6) is -2.47. The third-order valence-corrected chi connectivity index (χ3v) is 8.47. The Hall–Kier alpha value is -2.45. The van der Waals surface area contributed by atoms with Crippen LogP contribution in [0, 0.1) is 23.7 Å². The van der Waals surface area contributed by atoms with Gasteiger partial charge in [-0.3, -0.25) is 14.4 Å². The second-order valence-electron chi connectivity index (χ2n) is 10.9. The number of hydrogen-bond acceptors (Lipinski definition) is 5. The molecule has 4 rings (SSSR count). The molecule has 8 nitrogen and oxygen atoms in total. The highest BCUT2D eigenvalue weighted by Crippen LogP contribution is 2.65. The molecule has 3 aliphatic heterocycles. The quantitative estimate of drug-likeness (QED) is 0.466. The molecule has 7 atom stereocenters. The van der Waals surface area contributed by atoms with E-state index in [0.717, 1.165) is 12.8 Å². The molecular formula is C27H39N3O5. The SMILES string of the molecule is CCCCNC(=O)C1N([C@@H](CO)C(C)C)C(=O)[C@@H]2[C@H](C(=O)Nc3ccccc3)[C@@]3(C)OC12CC3C. The first-order valence-corrected chi connectivity index (χ1v) is 12.9. The van der Waals surface area contributed by atoms with Crippen molar-refractivity contribution in [1.29, 1.82) is 0 Å². The van der Waals surface area contributed by atoms with Crippen LogP contribution in [0.1, 0.15) is 53.9 Å². The molecule has 3 aliphatic rings. The van der Waals surface area contributed by atoms with Crippen LogP contribution in [0.25, 0.3) is 0 Å². The largest absolute Gasteiger partial charge is 0.394 e. The number of rotatable bonds is 9. The van der Waals surface area contributed by atoms with Gasteiger partial charge in [0, 0.05) is 12.2 Å². The normalized spacial score (nSPS) is 34.3. The lowest BCUT2D eigenvalue weighted by Gasteiger charge is -2.38. The van der Waals surface area contributed by atoms with Crippen LogP contribution in [-0.4, -0.2) is 64.2 Å². The summed E-state index contributed by atoms with van der Waals surface area (Å²) >= 11 is 0. The summed E-state index contributed by atoms with van der Waals surface area (Å²) in [6.07, 6.45) is 2.26. The van der Waals surface area contributed by atoms with Gasteiger partial charge in [-0.1, -0.05) is 52.3 Å². The smallest absolute Gasteiger partial charge is 0.245 e. The van der Waals surface area contributed by atoms with E-state index in [9.17, 15) is 19.5 Å². The molecule has 3 N–H and O–H groups in total. The number of amides is 3. The molecular weight excluding hydrogens is 446 g/mol. The van der Waals surface area contributed by atoms with Crippen molar-refractivity contribution < 1.29 is 24.2 Å². The van der Waals surface area contributed by atoms with E-state index in [1.54, 1.807) is 12.1 Å². The van der Waals surface area contributed by atoms with Crippen LogP contribution in [-0.2, 0) is 19.1 Å². The van der Waals surface area contributed by atoms with Crippen molar-refractivity contribution >= 4 is 23.4 Å². The first-order chi connectivity index (χ1) is 16.6. The lowest BCUT2D eigenvalue weighted by molar-refractivity contribution is -0.151. The minimum absolute atomic E-state index is 0.0319. The van der Waals surface area contributed by atoms with Gasteiger partial charge in [0.2, 0.25) is 17.7 Å². The van der Waals surface area contributed by atoms with Crippen LogP contribution in [0.2, 0.25) is 0 Å². The average molecular weight is 486 g/mol. The molecule has 0 aliphatic carbocycles. The summed E-state index contributed by atoms with van der Waals surface area (Å²) in [4.78, 5) is 43.0. The number of likely N-dealkylation sites (tertiary alicyclic amines) is 1. The maximum absolute atomic E-state index is 14.1. The number of ether oxygens (including phenoxy) is 1. The van der Waals surface area contributed by atoms with E-state index >= 15 is 0 Å². The number of hydrogen-bond donors (Lipinski definition) is 3. The molecule has 192 valence electrons. The van der Waals surface area contributed by atoms with Gasteiger partial charge in [-0.05, 0) is 43.7 Å². The van der Waals surface area contributed by atoms with Gasteiger partial charge in [0.1, 0.15) is 11.6 Å². The molecule has 3 saturated heterocycles. The number of carbonyl (C=O) groups is 3. The van der Waals surface area contributed by atoms with Crippen LogP contribution in [0.3, 0.4) is 0 Å². The highest BCUT2D eigenvalue weighted by molar-refractivity contribution is 6.02. The van der Waals surface area contributed by atoms with Gasteiger partial charge in [-0.25, -0.2) is 0 Å². The molecule has 3 fully saturated rings. The van der Waals surface area contributed by atoms with Crippen molar-refractivity contribution in [3.63, 3.8) is 0 Å². The van der Waals surface area contributed by atoms with E-state index in [0.29, 0.717) is 18.7 Å². The Balaban J connectivity index is 1.76. The number of benzene rings is 1. The van der Waals surface area contributed by atoms with Gasteiger partial charge in [0.15, 0.2) is 0 Å². The number of carbonyl (C=O) groups excluding carboxylic acids is 3. The monoisotopic (exact) mass is 485 g/mol. The van der Waals surface area contributed by atoms with Gasteiger partial charge in [-0.2, -0.15) is 0 Å². The third kappa shape index (κ3) is 3.95. The molecule has 3 heterocycles. The minimum atomic E-state index is -1.11. The Kier molecular flexibility index (Phi) is 6.99. The Bertz CT molecular complexity index is 969. The number of anilines is 1. The summed E-state index contributed by atoms with van der Waals surface area (Å²) in [5, 5.41) is 16.2. The zero-order chi connectivity index (χ0) is 25.5. The molecule has 1 aromatic carbocycles. The molecule has 0 radical (unpaired) electrons. The number of fused-ring (bicyclic) bond motifs is 1. The van der Waals surface area contributed by atoms with E-state index in [4.69, 9.17) is 4.74 Å². The Morgan fingerprint density at radius 2 is 1.91 bits per heavy atom. The van der Waals surface area contributed by atoms with Gasteiger partial charge < -0.3 is 25.4 Å². The second-order valence-corrected chi connectivity index (χ2v) is 10.9. The first kappa shape index (κ1) is 25.6. The predicted octanol–water partition coefficient (Wildman–Crippen LogP) is 2.57. The van der Waals surface area contributed by atoms with E-state index < -0.39 is 35.1 Å². The topological polar surface area (TPSA) is 108 Å². The molecule has 8 heteroatoms. The number of nitrogens with zero attached hydrogens (tertiary/aromatic N) is 1. The van der Waals surface area contributed by atoms with Crippen LogP contribution < -0.4 is 10.6 Å². The van der Waals surface area contributed by atoms with Gasteiger partial charge >= 0.3 is 0 Å². The predicted molar refractivity (Wildman–Crippen MR) is 132 cm³/mol. The summed E-state index contributed by atoms with van der Waals surface area (Å²) in [6.45, 7) is 10.1. The van der Waals surface area contributed by atoms with E-state index in [1.165, 1.54) is 4.90 Å². The van der Waals surface area contributed by atoms with Gasteiger partial charge in [-0.15, -0.1) is 0 Å². The number of aliphatic hydroxyl groups excluding tert-OH is 1. The summed E-state index contributed by atoms with van der Waals surface area (Å²) in [6, 6.07) is 7.72. The van der Waals surface area contributed by atoms with Crippen molar-refractivity contribution in [1.82, 2.24) is 10.2 Å². The van der Waals surface area contributed by atoms with Crippen LogP contribution in [0.15, 0.2) is 30.3 Å². The molecule has 3 unspecified atom stereocenters. The molecule has 1 aromatic rings. The summed E-state index contributed by atoms with van der Waals surface area (Å²) < 4.78 is 6.70. The van der Waals surface area contributed by atoms with Crippen molar-refractivity contribution in [2.75, 3.05) is 18.5 Å². The second kappa shape index (κ2) is 9.54. The zero-order valence-corrected chi connectivity index (χ0v) is 21.4. The standard InChI is InChI=1S/C27H39N3O5/c1-6-7-13-28-24(33)22-27-14-17(4)26(5,35-27)20(23(32)29-18-11-9-8-10-12-18)21(27)25(34)30(22)19(15-31)16(2)3/h8-12,16-17,19-22,31H,6-7,13-15H2,1-5H3,(H,28,33)(H,29,32)/t17?,19-,20+,21-,22?,26-,27?/m0/s1. The lowest BCUT2D eigenvalue weighted by atomic mass is 9.62. The fourth-order valence-corrected chi connectivity index (χ4v) is 6.58. The molecule has 3 amide bonds. The van der Waals surface area contributed by atoms with E-state index in [1.807, 2.05) is 52.8 Å². The maximum Gasteiger partial charge on any atom is 0.245 e. The molecule has 1 spiro atoms.